The van der Waals surface area contributed by atoms with E-state index in [2.05, 4.69) is 27.4 Å². The van der Waals surface area contributed by atoms with Crippen LogP contribution >= 0.6 is 15.9 Å². The van der Waals surface area contributed by atoms with E-state index in [1.807, 2.05) is 24.3 Å². The van der Waals surface area contributed by atoms with Crippen molar-refractivity contribution in [3.05, 3.63) is 46.1 Å². The van der Waals surface area contributed by atoms with Gasteiger partial charge in [-0.1, -0.05) is 34.1 Å². The highest BCUT2D eigenvalue weighted by atomic mass is 79.9. The third-order valence-electron chi connectivity index (χ3n) is 2.63. The molecule has 3 N–H and O–H groups in total. The van der Waals surface area contributed by atoms with E-state index in [-0.39, 0.29) is 6.04 Å². The molecular formula is C12H15BrN2O. The standard InChI is InChI=1S/C12H15BrN2O/c13-10-6-2-1-5-9(10)12(15-14)11-7-3-4-8-16-11/h1-2,5-7,12,15H,3-4,8,14H2. The zero-order valence-electron chi connectivity index (χ0n) is 8.95. The maximum atomic E-state index is 5.64. The van der Waals surface area contributed by atoms with Gasteiger partial charge >= 0.3 is 0 Å². The van der Waals surface area contributed by atoms with Crippen LogP contribution in [-0.2, 0) is 4.74 Å². The summed E-state index contributed by atoms with van der Waals surface area (Å²) in [7, 11) is 0. The van der Waals surface area contributed by atoms with Crippen molar-refractivity contribution >= 4 is 15.9 Å². The molecule has 2 rings (SSSR count). The van der Waals surface area contributed by atoms with Gasteiger partial charge in [0.25, 0.3) is 0 Å². The maximum Gasteiger partial charge on any atom is 0.115 e. The van der Waals surface area contributed by atoms with E-state index in [9.17, 15) is 0 Å². The summed E-state index contributed by atoms with van der Waals surface area (Å²) >= 11 is 3.53. The summed E-state index contributed by atoms with van der Waals surface area (Å²) in [5.74, 6) is 6.53. The van der Waals surface area contributed by atoms with E-state index in [0.717, 1.165) is 35.2 Å². The molecule has 0 bridgehead atoms. The Morgan fingerprint density at radius 3 is 2.81 bits per heavy atom. The average molecular weight is 283 g/mol. The fourth-order valence-electron chi connectivity index (χ4n) is 1.81. The van der Waals surface area contributed by atoms with Gasteiger partial charge in [-0.2, -0.15) is 0 Å². The van der Waals surface area contributed by atoms with Crippen LogP contribution in [0.15, 0.2) is 40.6 Å². The minimum atomic E-state index is -0.0733. The van der Waals surface area contributed by atoms with E-state index in [4.69, 9.17) is 10.6 Å². The second kappa shape index (κ2) is 5.48. The van der Waals surface area contributed by atoms with Crippen LogP contribution in [0, 0.1) is 0 Å². The largest absolute Gasteiger partial charge is 0.496 e. The molecule has 1 aromatic carbocycles. The number of nitrogens with two attached hydrogens (primary N) is 1. The second-order valence-electron chi connectivity index (χ2n) is 3.72. The van der Waals surface area contributed by atoms with Gasteiger partial charge in [0.2, 0.25) is 0 Å². The molecule has 0 aromatic heterocycles. The Morgan fingerprint density at radius 2 is 2.19 bits per heavy atom. The van der Waals surface area contributed by atoms with Crippen molar-refractivity contribution in [2.45, 2.75) is 18.9 Å². The first kappa shape index (κ1) is 11.6. The van der Waals surface area contributed by atoms with Gasteiger partial charge in [0.1, 0.15) is 11.8 Å². The van der Waals surface area contributed by atoms with Crippen molar-refractivity contribution in [1.29, 1.82) is 0 Å². The topological polar surface area (TPSA) is 47.3 Å². The summed E-state index contributed by atoms with van der Waals surface area (Å²) in [6.07, 6.45) is 4.24. The van der Waals surface area contributed by atoms with Crippen molar-refractivity contribution in [3.8, 4) is 0 Å². The molecule has 0 aliphatic carbocycles. The number of halogens is 1. The highest BCUT2D eigenvalue weighted by Gasteiger charge is 2.20. The Labute approximate surface area is 104 Å². The van der Waals surface area contributed by atoms with Gasteiger partial charge in [0.15, 0.2) is 0 Å². The van der Waals surface area contributed by atoms with Crippen molar-refractivity contribution < 1.29 is 4.74 Å². The second-order valence-corrected chi connectivity index (χ2v) is 4.57. The number of hydrazine groups is 1. The predicted molar refractivity (Wildman–Crippen MR) is 67.5 cm³/mol. The van der Waals surface area contributed by atoms with Gasteiger partial charge in [-0.05, 0) is 30.5 Å². The number of nitrogens with one attached hydrogen (secondary N) is 1. The molecule has 0 fully saturated rings. The number of hydrogen-bond donors (Lipinski definition) is 2. The minimum absolute atomic E-state index is 0.0733. The van der Waals surface area contributed by atoms with Gasteiger partial charge in [-0.25, -0.2) is 5.43 Å². The molecule has 0 amide bonds. The molecule has 1 aromatic rings. The highest BCUT2D eigenvalue weighted by Crippen LogP contribution is 2.30. The van der Waals surface area contributed by atoms with E-state index in [1.165, 1.54) is 0 Å². The molecule has 0 saturated carbocycles. The maximum absolute atomic E-state index is 5.64. The molecular weight excluding hydrogens is 268 g/mol. The third kappa shape index (κ3) is 2.45. The predicted octanol–water partition coefficient (Wildman–Crippen LogP) is 2.65. The summed E-state index contributed by atoms with van der Waals surface area (Å²) in [5.41, 5.74) is 3.90. The van der Waals surface area contributed by atoms with Crippen LogP contribution in [0.1, 0.15) is 24.4 Å². The molecule has 0 radical (unpaired) electrons. The molecule has 1 atom stereocenters. The molecule has 1 unspecified atom stereocenters. The molecule has 16 heavy (non-hydrogen) atoms. The van der Waals surface area contributed by atoms with Crippen molar-refractivity contribution in [2.75, 3.05) is 6.61 Å². The molecule has 0 saturated heterocycles. The Bertz CT molecular complexity index is 392. The Morgan fingerprint density at radius 1 is 1.38 bits per heavy atom. The monoisotopic (exact) mass is 282 g/mol. The fourth-order valence-corrected chi connectivity index (χ4v) is 2.33. The third-order valence-corrected chi connectivity index (χ3v) is 3.35. The van der Waals surface area contributed by atoms with Crippen LogP contribution in [0.5, 0.6) is 0 Å². The van der Waals surface area contributed by atoms with Crippen LogP contribution in [0.3, 0.4) is 0 Å². The Hall–Kier alpha value is -0.840. The van der Waals surface area contributed by atoms with Crippen molar-refractivity contribution in [1.82, 2.24) is 5.43 Å². The first-order valence-corrected chi connectivity index (χ1v) is 6.15. The summed E-state index contributed by atoms with van der Waals surface area (Å²) in [6, 6.07) is 7.94. The Kier molecular flexibility index (Phi) is 3.98. The molecule has 1 heterocycles. The van der Waals surface area contributed by atoms with Gasteiger partial charge in [-0.3, -0.25) is 5.84 Å². The lowest BCUT2D eigenvalue weighted by molar-refractivity contribution is 0.167. The molecule has 1 aliphatic rings. The molecule has 0 spiro atoms. The summed E-state index contributed by atoms with van der Waals surface area (Å²) in [4.78, 5) is 0. The Balaban J connectivity index is 2.28. The minimum Gasteiger partial charge on any atom is -0.496 e. The number of allylic oxidation sites excluding steroid dienone is 1. The number of ether oxygens (including phenoxy) is 1. The quantitative estimate of drug-likeness (QED) is 0.662. The number of hydrogen-bond acceptors (Lipinski definition) is 3. The lowest BCUT2D eigenvalue weighted by Crippen LogP contribution is -2.31. The normalized spacial score (nSPS) is 17.5. The zero-order valence-corrected chi connectivity index (χ0v) is 10.5. The summed E-state index contributed by atoms with van der Waals surface area (Å²) < 4.78 is 6.67. The van der Waals surface area contributed by atoms with Gasteiger partial charge in [-0.15, -0.1) is 0 Å². The van der Waals surface area contributed by atoms with Crippen LogP contribution in [0.25, 0.3) is 0 Å². The van der Waals surface area contributed by atoms with Crippen LogP contribution in [0.2, 0.25) is 0 Å². The van der Waals surface area contributed by atoms with E-state index >= 15 is 0 Å². The summed E-state index contributed by atoms with van der Waals surface area (Å²) in [6.45, 7) is 0.772. The van der Waals surface area contributed by atoms with Crippen LogP contribution < -0.4 is 11.3 Å². The fraction of sp³-hybridized carbons (Fsp3) is 0.333. The summed E-state index contributed by atoms with van der Waals surface area (Å²) in [5, 5.41) is 0. The van der Waals surface area contributed by atoms with Crippen molar-refractivity contribution in [3.63, 3.8) is 0 Å². The highest BCUT2D eigenvalue weighted by molar-refractivity contribution is 9.10. The molecule has 86 valence electrons. The molecule has 4 heteroatoms. The SMILES string of the molecule is NNC(C1=CCCCO1)c1ccccc1Br. The number of benzene rings is 1. The van der Waals surface area contributed by atoms with Gasteiger partial charge < -0.3 is 4.74 Å². The first-order valence-electron chi connectivity index (χ1n) is 5.36. The van der Waals surface area contributed by atoms with Crippen molar-refractivity contribution in [2.24, 2.45) is 5.84 Å². The van der Waals surface area contributed by atoms with Crippen LogP contribution in [-0.4, -0.2) is 6.61 Å². The van der Waals surface area contributed by atoms with Gasteiger partial charge in [0.05, 0.1) is 6.61 Å². The smallest absolute Gasteiger partial charge is 0.115 e. The van der Waals surface area contributed by atoms with Gasteiger partial charge in [0, 0.05) is 4.47 Å². The van der Waals surface area contributed by atoms with Crippen LogP contribution in [0.4, 0.5) is 0 Å². The lowest BCUT2D eigenvalue weighted by Gasteiger charge is -2.24. The zero-order chi connectivity index (χ0) is 11.4. The number of rotatable bonds is 3. The lowest BCUT2D eigenvalue weighted by atomic mass is 10.0. The average Bonchev–Trinajstić information content (AvgIpc) is 2.34. The van der Waals surface area contributed by atoms with E-state index in [0.29, 0.717) is 0 Å². The molecule has 1 aliphatic heterocycles. The van der Waals surface area contributed by atoms with E-state index in [1.54, 1.807) is 0 Å². The molecule has 3 nitrogen and oxygen atoms in total. The van der Waals surface area contributed by atoms with E-state index < -0.39 is 0 Å². The first-order chi connectivity index (χ1) is 7.83.